The van der Waals surface area contributed by atoms with Crippen molar-refractivity contribution in [2.45, 2.75) is 24.3 Å². The third kappa shape index (κ3) is 4.36. The Kier molecular flexibility index (Phi) is 3.84. The summed E-state index contributed by atoms with van der Waals surface area (Å²) >= 11 is 0. The van der Waals surface area contributed by atoms with Crippen molar-refractivity contribution < 1.29 is 8.42 Å². The van der Waals surface area contributed by atoms with Crippen molar-refractivity contribution in [3.05, 3.63) is 24.3 Å². The molecule has 1 aromatic rings. The Morgan fingerprint density at radius 1 is 1.24 bits per heavy atom. The van der Waals surface area contributed by atoms with Crippen molar-refractivity contribution in [1.29, 1.82) is 0 Å². The van der Waals surface area contributed by atoms with Crippen LogP contribution in [0.2, 0.25) is 0 Å². The molecule has 0 fully saturated rings. The number of nitrogens with zero attached hydrogens (tertiary/aromatic N) is 1. The third-order valence-corrected chi connectivity index (χ3v) is 3.48. The van der Waals surface area contributed by atoms with E-state index in [1.165, 1.54) is 6.26 Å². The smallest absolute Gasteiger partial charge is 0.175 e. The highest BCUT2D eigenvalue weighted by atomic mass is 32.2. The van der Waals surface area contributed by atoms with Gasteiger partial charge in [-0.05, 0) is 38.1 Å². The predicted octanol–water partition coefficient (Wildman–Crippen LogP) is 1.26. The molecule has 0 saturated heterocycles. The summed E-state index contributed by atoms with van der Waals surface area (Å²) in [7, 11) is -1.19. The quantitative estimate of drug-likeness (QED) is 0.881. The van der Waals surface area contributed by atoms with Crippen LogP contribution in [0, 0.1) is 0 Å². The van der Waals surface area contributed by atoms with Gasteiger partial charge in [-0.1, -0.05) is 0 Å². The van der Waals surface area contributed by atoms with Crippen molar-refractivity contribution in [3.8, 4) is 0 Å². The Balaban J connectivity index is 2.88. The molecule has 0 radical (unpaired) electrons. The lowest BCUT2D eigenvalue weighted by molar-refractivity contribution is 0.519. The zero-order valence-corrected chi connectivity index (χ0v) is 11.6. The van der Waals surface area contributed by atoms with E-state index >= 15 is 0 Å². The van der Waals surface area contributed by atoms with E-state index in [4.69, 9.17) is 5.73 Å². The first kappa shape index (κ1) is 14.0. The number of hydrogen-bond donors (Lipinski definition) is 1. The maximum Gasteiger partial charge on any atom is 0.175 e. The predicted molar refractivity (Wildman–Crippen MR) is 71.1 cm³/mol. The molecule has 96 valence electrons. The number of hydrogen-bond acceptors (Lipinski definition) is 4. The summed E-state index contributed by atoms with van der Waals surface area (Å²) in [6.07, 6.45) is 1.20. The Hall–Kier alpha value is -1.07. The second-order valence-electron chi connectivity index (χ2n) is 5.11. The summed E-state index contributed by atoms with van der Waals surface area (Å²) in [6.45, 7) is 4.61. The summed E-state index contributed by atoms with van der Waals surface area (Å²) in [6, 6.07) is 6.82. The van der Waals surface area contributed by atoms with Crippen LogP contribution in [-0.2, 0) is 9.84 Å². The molecule has 0 spiro atoms. The molecule has 0 aliphatic rings. The number of benzene rings is 1. The highest BCUT2D eigenvalue weighted by molar-refractivity contribution is 7.90. The highest BCUT2D eigenvalue weighted by Crippen LogP contribution is 2.18. The van der Waals surface area contributed by atoms with E-state index in [9.17, 15) is 8.42 Å². The molecule has 4 nitrogen and oxygen atoms in total. The molecule has 0 atom stereocenters. The second kappa shape index (κ2) is 4.66. The molecule has 0 aliphatic heterocycles. The van der Waals surface area contributed by atoms with Crippen LogP contribution >= 0.6 is 0 Å². The fourth-order valence-corrected chi connectivity index (χ4v) is 2.28. The number of likely N-dealkylation sites (N-methyl/N-ethyl adjacent to an activating group) is 1. The van der Waals surface area contributed by atoms with Crippen LogP contribution in [-0.4, -0.2) is 33.8 Å². The monoisotopic (exact) mass is 256 g/mol. The van der Waals surface area contributed by atoms with Gasteiger partial charge in [0.25, 0.3) is 0 Å². The number of sulfone groups is 1. The largest absolute Gasteiger partial charge is 0.373 e. The van der Waals surface area contributed by atoms with E-state index in [0.717, 1.165) is 5.69 Å². The van der Waals surface area contributed by atoms with Crippen LogP contribution in [0.5, 0.6) is 0 Å². The van der Waals surface area contributed by atoms with E-state index in [1.54, 1.807) is 24.3 Å². The van der Waals surface area contributed by atoms with E-state index in [-0.39, 0.29) is 5.54 Å². The average Bonchev–Trinajstić information content (AvgIpc) is 2.14. The van der Waals surface area contributed by atoms with Crippen molar-refractivity contribution in [3.63, 3.8) is 0 Å². The Morgan fingerprint density at radius 3 is 2.06 bits per heavy atom. The minimum atomic E-state index is -3.12. The molecule has 2 N–H and O–H groups in total. The van der Waals surface area contributed by atoms with Gasteiger partial charge in [0.2, 0.25) is 0 Å². The molecule has 5 heteroatoms. The number of nitrogens with two attached hydrogens (primary N) is 1. The molecule has 1 aromatic carbocycles. The van der Waals surface area contributed by atoms with Gasteiger partial charge in [-0.2, -0.15) is 0 Å². The first-order chi connectivity index (χ1) is 7.59. The minimum absolute atomic E-state index is 0.287. The summed E-state index contributed by atoms with van der Waals surface area (Å²) in [5.41, 5.74) is 6.60. The highest BCUT2D eigenvalue weighted by Gasteiger charge is 2.14. The first-order valence-corrected chi connectivity index (χ1v) is 7.29. The number of rotatable bonds is 4. The fraction of sp³-hybridized carbons (Fsp3) is 0.500. The lowest BCUT2D eigenvalue weighted by Gasteiger charge is -2.28. The Morgan fingerprint density at radius 2 is 1.71 bits per heavy atom. The van der Waals surface area contributed by atoms with Crippen LogP contribution in [0.3, 0.4) is 0 Å². The van der Waals surface area contributed by atoms with Gasteiger partial charge in [0.1, 0.15) is 0 Å². The molecule has 0 bridgehead atoms. The van der Waals surface area contributed by atoms with E-state index in [2.05, 4.69) is 0 Å². The minimum Gasteiger partial charge on any atom is -0.373 e. The van der Waals surface area contributed by atoms with Gasteiger partial charge in [-0.25, -0.2) is 8.42 Å². The van der Waals surface area contributed by atoms with Gasteiger partial charge in [-0.15, -0.1) is 0 Å². The summed E-state index contributed by atoms with van der Waals surface area (Å²) in [5.74, 6) is 0. The molecular formula is C12H20N2O2S. The molecular weight excluding hydrogens is 236 g/mol. The fourth-order valence-electron chi connectivity index (χ4n) is 1.65. The first-order valence-electron chi connectivity index (χ1n) is 5.40. The lowest BCUT2D eigenvalue weighted by Crippen LogP contribution is -2.44. The summed E-state index contributed by atoms with van der Waals surface area (Å²) in [5, 5.41) is 0. The van der Waals surface area contributed by atoms with Gasteiger partial charge < -0.3 is 10.6 Å². The van der Waals surface area contributed by atoms with Crippen LogP contribution in [0.4, 0.5) is 5.69 Å². The molecule has 0 amide bonds. The Bertz CT molecular complexity index is 472. The van der Waals surface area contributed by atoms with Gasteiger partial charge >= 0.3 is 0 Å². The van der Waals surface area contributed by atoms with Crippen molar-refractivity contribution in [2.75, 3.05) is 24.7 Å². The van der Waals surface area contributed by atoms with Crippen molar-refractivity contribution in [1.82, 2.24) is 0 Å². The zero-order valence-electron chi connectivity index (χ0n) is 10.8. The molecule has 0 unspecified atom stereocenters. The summed E-state index contributed by atoms with van der Waals surface area (Å²) < 4.78 is 22.6. The van der Waals surface area contributed by atoms with E-state index < -0.39 is 9.84 Å². The summed E-state index contributed by atoms with van der Waals surface area (Å²) in [4.78, 5) is 2.34. The van der Waals surface area contributed by atoms with E-state index in [1.807, 2.05) is 25.8 Å². The third-order valence-electron chi connectivity index (χ3n) is 2.35. The van der Waals surface area contributed by atoms with Crippen LogP contribution in [0.25, 0.3) is 0 Å². The SMILES string of the molecule is CN(CC(C)(C)N)c1ccc(S(C)(=O)=O)cc1. The van der Waals surface area contributed by atoms with E-state index in [0.29, 0.717) is 11.4 Å². The van der Waals surface area contributed by atoms with Gasteiger partial charge in [-0.3, -0.25) is 0 Å². The molecule has 1 rings (SSSR count). The molecule has 0 aromatic heterocycles. The standard InChI is InChI=1S/C12H20N2O2S/c1-12(2,13)9-14(3)10-5-7-11(8-6-10)17(4,15)16/h5-8H,9,13H2,1-4H3. The maximum atomic E-state index is 11.3. The van der Waals surface area contributed by atoms with Crippen LogP contribution in [0.15, 0.2) is 29.2 Å². The topological polar surface area (TPSA) is 63.4 Å². The Labute approximate surface area is 103 Å². The molecule has 0 aliphatic carbocycles. The number of anilines is 1. The normalized spacial score (nSPS) is 12.5. The van der Waals surface area contributed by atoms with Gasteiger partial charge in [0.15, 0.2) is 9.84 Å². The average molecular weight is 256 g/mol. The second-order valence-corrected chi connectivity index (χ2v) is 7.13. The molecule has 0 saturated carbocycles. The van der Waals surface area contributed by atoms with Gasteiger partial charge in [0, 0.05) is 31.1 Å². The van der Waals surface area contributed by atoms with Crippen LogP contribution in [0.1, 0.15) is 13.8 Å². The molecule has 17 heavy (non-hydrogen) atoms. The van der Waals surface area contributed by atoms with Gasteiger partial charge in [0.05, 0.1) is 4.90 Å². The maximum absolute atomic E-state index is 11.3. The van der Waals surface area contributed by atoms with Crippen molar-refractivity contribution >= 4 is 15.5 Å². The van der Waals surface area contributed by atoms with Crippen molar-refractivity contribution in [2.24, 2.45) is 5.73 Å². The van der Waals surface area contributed by atoms with Crippen LogP contribution < -0.4 is 10.6 Å². The lowest BCUT2D eigenvalue weighted by atomic mass is 10.1. The molecule has 0 heterocycles. The zero-order chi connectivity index (χ0) is 13.3.